The molecule has 100 valence electrons. The van der Waals surface area contributed by atoms with Gasteiger partial charge < -0.3 is 11.1 Å². The first kappa shape index (κ1) is 12.8. The average Bonchev–Trinajstić information content (AvgIpc) is 2.75. The molecule has 2 unspecified atom stereocenters. The van der Waals surface area contributed by atoms with Crippen LogP contribution in [0.25, 0.3) is 0 Å². The van der Waals surface area contributed by atoms with Crippen molar-refractivity contribution in [2.75, 3.05) is 11.9 Å². The van der Waals surface area contributed by atoms with Gasteiger partial charge in [-0.15, -0.1) is 5.10 Å². The molecule has 0 saturated heterocycles. The van der Waals surface area contributed by atoms with Crippen molar-refractivity contribution in [3.8, 4) is 0 Å². The summed E-state index contributed by atoms with van der Waals surface area (Å²) in [5.41, 5.74) is 5.03. The summed E-state index contributed by atoms with van der Waals surface area (Å²) in [4.78, 5) is 23.3. The van der Waals surface area contributed by atoms with E-state index >= 15 is 0 Å². The molecular weight excluding hydrogens is 234 g/mol. The molecule has 2 rings (SSSR count). The van der Waals surface area contributed by atoms with E-state index in [-0.39, 0.29) is 17.4 Å². The van der Waals surface area contributed by atoms with Crippen LogP contribution in [0.4, 0.5) is 5.82 Å². The summed E-state index contributed by atoms with van der Waals surface area (Å²) in [6.07, 6.45) is 3.07. The summed E-state index contributed by atoms with van der Waals surface area (Å²) < 4.78 is 2.21. The average molecular weight is 253 g/mol. The first-order chi connectivity index (χ1) is 8.49. The summed E-state index contributed by atoms with van der Waals surface area (Å²) in [6, 6.07) is 0.271. The number of aromatic nitrogens is 3. The molecule has 0 spiro atoms. The molecule has 2 atom stereocenters. The first-order valence-corrected chi connectivity index (χ1v) is 6.13. The van der Waals surface area contributed by atoms with Gasteiger partial charge in [0.05, 0.1) is 0 Å². The second-order valence-corrected chi connectivity index (χ2v) is 4.94. The van der Waals surface area contributed by atoms with Crippen LogP contribution < -0.4 is 22.3 Å². The zero-order valence-electron chi connectivity index (χ0n) is 10.7. The maximum Gasteiger partial charge on any atom is 0.346 e. The highest BCUT2D eigenvalue weighted by Gasteiger charge is 2.22. The minimum Gasteiger partial charge on any atom is -0.364 e. The van der Waals surface area contributed by atoms with E-state index < -0.39 is 5.69 Å². The summed E-state index contributed by atoms with van der Waals surface area (Å²) in [7, 11) is 2.97. The zero-order valence-corrected chi connectivity index (χ0v) is 10.7. The van der Waals surface area contributed by atoms with E-state index in [2.05, 4.69) is 10.4 Å². The minimum atomic E-state index is -0.423. The largest absolute Gasteiger partial charge is 0.364 e. The van der Waals surface area contributed by atoms with Gasteiger partial charge in [-0.1, -0.05) is 0 Å². The Hall–Kier alpha value is -1.63. The fourth-order valence-corrected chi connectivity index (χ4v) is 2.35. The van der Waals surface area contributed by atoms with E-state index in [4.69, 9.17) is 5.73 Å². The Balaban J connectivity index is 2.11. The molecule has 1 fully saturated rings. The molecule has 0 bridgehead atoms. The Labute approximate surface area is 105 Å². The van der Waals surface area contributed by atoms with Gasteiger partial charge in [0.15, 0.2) is 0 Å². The van der Waals surface area contributed by atoms with Crippen LogP contribution in [0.15, 0.2) is 9.59 Å². The van der Waals surface area contributed by atoms with E-state index in [0.29, 0.717) is 12.5 Å². The molecule has 7 heteroatoms. The Morgan fingerprint density at radius 1 is 1.39 bits per heavy atom. The third-order valence-electron chi connectivity index (χ3n) is 3.46. The number of nitrogens with one attached hydrogen (secondary N) is 1. The van der Waals surface area contributed by atoms with Crippen molar-refractivity contribution in [3.63, 3.8) is 0 Å². The number of anilines is 1. The van der Waals surface area contributed by atoms with Crippen molar-refractivity contribution in [1.29, 1.82) is 0 Å². The molecule has 1 aliphatic rings. The Kier molecular flexibility index (Phi) is 3.51. The molecule has 1 heterocycles. The van der Waals surface area contributed by atoms with E-state index in [1.807, 2.05) is 0 Å². The number of hydrogen-bond acceptors (Lipinski definition) is 5. The van der Waals surface area contributed by atoms with Crippen LogP contribution in [0.1, 0.15) is 19.3 Å². The van der Waals surface area contributed by atoms with Gasteiger partial charge in [0.1, 0.15) is 0 Å². The maximum atomic E-state index is 11.8. The monoisotopic (exact) mass is 253 g/mol. The van der Waals surface area contributed by atoms with Gasteiger partial charge in [0.2, 0.25) is 5.82 Å². The van der Waals surface area contributed by atoms with Crippen molar-refractivity contribution in [2.45, 2.75) is 25.3 Å². The standard InChI is InChI=1S/C11H19N5O2/c1-15-10(17)9(14-16(2)11(15)18)13-6-7-3-4-8(12)5-7/h7-8H,3-6,12H2,1-2H3,(H,13,14). The minimum absolute atomic E-state index is 0.222. The molecule has 7 nitrogen and oxygen atoms in total. The van der Waals surface area contributed by atoms with Crippen LogP contribution >= 0.6 is 0 Å². The van der Waals surface area contributed by atoms with Crippen LogP contribution in [0.5, 0.6) is 0 Å². The van der Waals surface area contributed by atoms with Gasteiger partial charge in [0, 0.05) is 26.7 Å². The summed E-state index contributed by atoms with van der Waals surface area (Å²) in [5.74, 6) is 0.698. The summed E-state index contributed by atoms with van der Waals surface area (Å²) in [6.45, 7) is 0.675. The van der Waals surface area contributed by atoms with E-state index in [0.717, 1.165) is 28.5 Å². The Morgan fingerprint density at radius 2 is 2.11 bits per heavy atom. The quantitative estimate of drug-likeness (QED) is 0.722. The zero-order chi connectivity index (χ0) is 13.3. The number of hydrogen-bond donors (Lipinski definition) is 2. The van der Waals surface area contributed by atoms with Crippen LogP contribution in [-0.4, -0.2) is 26.9 Å². The second kappa shape index (κ2) is 4.93. The van der Waals surface area contributed by atoms with Gasteiger partial charge in [-0.05, 0) is 25.2 Å². The van der Waals surface area contributed by atoms with Crippen molar-refractivity contribution in [3.05, 3.63) is 20.8 Å². The van der Waals surface area contributed by atoms with Gasteiger partial charge in [-0.2, -0.15) is 0 Å². The second-order valence-electron chi connectivity index (χ2n) is 4.94. The lowest BCUT2D eigenvalue weighted by Gasteiger charge is -2.12. The SMILES string of the molecule is Cn1nc(NCC2CCC(N)C2)c(=O)n(C)c1=O. The molecule has 0 aromatic carbocycles. The van der Waals surface area contributed by atoms with Gasteiger partial charge in [0.25, 0.3) is 5.56 Å². The van der Waals surface area contributed by atoms with E-state index in [9.17, 15) is 9.59 Å². The van der Waals surface area contributed by atoms with Crippen molar-refractivity contribution < 1.29 is 0 Å². The molecular formula is C11H19N5O2. The molecule has 1 aliphatic carbocycles. The molecule has 1 saturated carbocycles. The van der Waals surface area contributed by atoms with Crippen LogP contribution in [-0.2, 0) is 14.1 Å². The highest BCUT2D eigenvalue weighted by atomic mass is 16.2. The highest BCUT2D eigenvalue weighted by Crippen LogP contribution is 2.23. The van der Waals surface area contributed by atoms with Crippen molar-refractivity contribution >= 4 is 5.82 Å². The Morgan fingerprint density at radius 3 is 2.72 bits per heavy atom. The topological polar surface area (TPSA) is 94.9 Å². The van der Waals surface area contributed by atoms with Gasteiger partial charge >= 0.3 is 5.69 Å². The summed E-state index contributed by atoms with van der Waals surface area (Å²) >= 11 is 0. The number of nitrogens with zero attached hydrogens (tertiary/aromatic N) is 3. The number of aryl methyl sites for hydroxylation is 1. The van der Waals surface area contributed by atoms with Crippen LogP contribution in [0.3, 0.4) is 0 Å². The fourth-order valence-electron chi connectivity index (χ4n) is 2.35. The lowest BCUT2D eigenvalue weighted by Crippen LogP contribution is -2.40. The molecule has 0 amide bonds. The molecule has 0 aliphatic heterocycles. The Bertz CT molecular complexity index is 547. The summed E-state index contributed by atoms with van der Waals surface area (Å²) in [5, 5.41) is 6.97. The molecule has 1 aromatic heterocycles. The normalized spacial score (nSPS) is 23.3. The number of nitrogens with two attached hydrogens (primary N) is 1. The molecule has 0 radical (unpaired) electrons. The van der Waals surface area contributed by atoms with Crippen LogP contribution in [0.2, 0.25) is 0 Å². The third-order valence-corrected chi connectivity index (χ3v) is 3.46. The number of rotatable bonds is 3. The lowest BCUT2D eigenvalue weighted by atomic mass is 10.1. The predicted molar refractivity (Wildman–Crippen MR) is 68.5 cm³/mol. The third kappa shape index (κ3) is 2.45. The van der Waals surface area contributed by atoms with E-state index in [1.54, 1.807) is 0 Å². The molecule has 3 N–H and O–H groups in total. The smallest absolute Gasteiger partial charge is 0.346 e. The highest BCUT2D eigenvalue weighted by molar-refractivity contribution is 5.29. The van der Waals surface area contributed by atoms with Crippen molar-refractivity contribution in [1.82, 2.24) is 14.3 Å². The van der Waals surface area contributed by atoms with Crippen molar-refractivity contribution in [2.24, 2.45) is 25.7 Å². The molecule has 18 heavy (non-hydrogen) atoms. The van der Waals surface area contributed by atoms with Gasteiger partial charge in [-0.3, -0.25) is 9.36 Å². The van der Waals surface area contributed by atoms with Gasteiger partial charge in [-0.25, -0.2) is 9.48 Å². The fraction of sp³-hybridized carbons (Fsp3) is 0.727. The maximum absolute atomic E-state index is 11.8. The lowest BCUT2D eigenvalue weighted by molar-refractivity contribution is 0.556. The van der Waals surface area contributed by atoms with Crippen LogP contribution in [0, 0.1) is 5.92 Å². The van der Waals surface area contributed by atoms with E-state index in [1.165, 1.54) is 14.1 Å². The predicted octanol–water partition coefficient (Wildman–Crippen LogP) is -0.982. The first-order valence-electron chi connectivity index (χ1n) is 6.13. The molecule has 1 aromatic rings.